The molecule has 0 aromatic heterocycles. The minimum atomic E-state index is -0.139. The molecule has 4 rings (SSSR count). The van der Waals surface area contributed by atoms with Crippen molar-refractivity contribution in [3.8, 4) is 11.1 Å². The highest BCUT2D eigenvalue weighted by Gasteiger charge is 2.50. The Balaban J connectivity index is 1.73. The second-order valence-electron chi connectivity index (χ2n) is 6.70. The molecule has 0 spiro atoms. The van der Waals surface area contributed by atoms with Crippen LogP contribution in [0.5, 0.6) is 0 Å². The molecule has 2 atom stereocenters. The Hall–Kier alpha value is -1.89. The van der Waals surface area contributed by atoms with Gasteiger partial charge in [0, 0.05) is 17.8 Å². The van der Waals surface area contributed by atoms with Gasteiger partial charge in [-0.25, -0.2) is 0 Å². The summed E-state index contributed by atoms with van der Waals surface area (Å²) in [5.41, 5.74) is 6.81. The van der Waals surface area contributed by atoms with Crippen LogP contribution in [0.25, 0.3) is 11.1 Å². The number of rotatable bonds is 2. The molecule has 1 saturated carbocycles. The van der Waals surface area contributed by atoms with Crippen LogP contribution in [-0.4, -0.2) is 5.78 Å². The molecule has 2 unspecified atom stereocenters. The topological polar surface area (TPSA) is 17.1 Å². The Morgan fingerprint density at radius 3 is 2.62 bits per heavy atom. The molecule has 2 aliphatic rings. The number of hydrogen-bond donors (Lipinski definition) is 0. The summed E-state index contributed by atoms with van der Waals surface area (Å²) in [5, 5.41) is 0. The first-order valence-corrected chi connectivity index (χ1v) is 7.88. The first kappa shape index (κ1) is 12.8. The number of carbonyl (C=O) groups is 1. The molecule has 0 heterocycles. The fourth-order valence-corrected chi connectivity index (χ4v) is 4.02. The molecule has 0 amide bonds. The van der Waals surface area contributed by atoms with Gasteiger partial charge in [0.25, 0.3) is 0 Å². The van der Waals surface area contributed by atoms with E-state index in [0.717, 1.165) is 19.3 Å². The zero-order chi connectivity index (χ0) is 14.6. The van der Waals surface area contributed by atoms with Crippen LogP contribution in [0.2, 0.25) is 0 Å². The van der Waals surface area contributed by atoms with E-state index < -0.39 is 0 Å². The van der Waals surface area contributed by atoms with Crippen LogP contribution >= 0.6 is 0 Å². The summed E-state index contributed by atoms with van der Waals surface area (Å²) < 4.78 is 0. The van der Waals surface area contributed by atoms with Crippen molar-refractivity contribution in [2.24, 2.45) is 5.41 Å². The van der Waals surface area contributed by atoms with E-state index in [2.05, 4.69) is 56.3 Å². The average Bonchev–Trinajstić information content (AvgIpc) is 2.89. The van der Waals surface area contributed by atoms with Gasteiger partial charge in [-0.05, 0) is 40.7 Å². The third kappa shape index (κ3) is 1.67. The van der Waals surface area contributed by atoms with Gasteiger partial charge >= 0.3 is 0 Å². The smallest absolute Gasteiger partial charge is 0.140 e. The predicted molar refractivity (Wildman–Crippen MR) is 85.4 cm³/mol. The van der Waals surface area contributed by atoms with E-state index in [1.807, 2.05) is 0 Å². The van der Waals surface area contributed by atoms with E-state index in [0.29, 0.717) is 11.7 Å². The van der Waals surface area contributed by atoms with Gasteiger partial charge in [-0.2, -0.15) is 0 Å². The molecule has 0 radical (unpaired) electrons. The lowest BCUT2D eigenvalue weighted by Crippen LogP contribution is -2.45. The Kier molecular flexibility index (Phi) is 2.63. The van der Waals surface area contributed by atoms with Crippen molar-refractivity contribution in [2.75, 3.05) is 0 Å². The van der Waals surface area contributed by atoms with Gasteiger partial charge in [0.1, 0.15) is 5.78 Å². The number of Topliss-reactive ketones (excluding diaryl/α,β-unsaturated/α-hetero) is 1. The van der Waals surface area contributed by atoms with Crippen LogP contribution in [0.3, 0.4) is 0 Å². The molecule has 0 bridgehead atoms. The van der Waals surface area contributed by atoms with Crippen molar-refractivity contribution in [3.63, 3.8) is 0 Å². The highest BCUT2D eigenvalue weighted by Crippen LogP contribution is 2.52. The summed E-state index contributed by atoms with van der Waals surface area (Å²) >= 11 is 0. The van der Waals surface area contributed by atoms with E-state index >= 15 is 0 Å². The SMILES string of the molecule is CCC1(C)C(=O)CC1c1ccc2c(c1)Cc1ccccc1-2. The second kappa shape index (κ2) is 4.30. The number of hydrogen-bond acceptors (Lipinski definition) is 1. The van der Waals surface area contributed by atoms with Crippen molar-refractivity contribution in [3.05, 3.63) is 59.2 Å². The molecular formula is C20H20O. The minimum Gasteiger partial charge on any atom is -0.299 e. The molecule has 0 saturated heterocycles. The maximum Gasteiger partial charge on any atom is 0.140 e. The molecule has 21 heavy (non-hydrogen) atoms. The molecular weight excluding hydrogens is 256 g/mol. The quantitative estimate of drug-likeness (QED) is 0.661. The lowest BCUT2D eigenvalue weighted by atomic mass is 9.56. The third-order valence-electron chi connectivity index (χ3n) is 5.75. The van der Waals surface area contributed by atoms with Crippen LogP contribution < -0.4 is 0 Å². The molecule has 0 N–H and O–H groups in total. The number of carbonyl (C=O) groups excluding carboxylic acids is 1. The molecule has 106 valence electrons. The largest absolute Gasteiger partial charge is 0.299 e. The Morgan fingerprint density at radius 1 is 1.10 bits per heavy atom. The van der Waals surface area contributed by atoms with Gasteiger partial charge in [0.2, 0.25) is 0 Å². The number of fused-ring (bicyclic) bond motifs is 3. The fourth-order valence-electron chi connectivity index (χ4n) is 4.02. The van der Waals surface area contributed by atoms with Gasteiger partial charge in [-0.15, -0.1) is 0 Å². The molecule has 2 aromatic carbocycles. The number of benzene rings is 2. The summed E-state index contributed by atoms with van der Waals surface area (Å²) in [6, 6.07) is 15.5. The van der Waals surface area contributed by atoms with Crippen LogP contribution in [0, 0.1) is 5.41 Å². The zero-order valence-corrected chi connectivity index (χ0v) is 12.6. The van der Waals surface area contributed by atoms with Crippen molar-refractivity contribution in [1.82, 2.24) is 0 Å². The fraction of sp³-hybridized carbons (Fsp3) is 0.350. The summed E-state index contributed by atoms with van der Waals surface area (Å²) in [5.74, 6) is 0.836. The first-order chi connectivity index (χ1) is 10.1. The number of ketones is 1. The van der Waals surface area contributed by atoms with E-state index in [1.54, 1.807) is 0 Å². The lowest BCUT2D eigenvalue weighted by Gasteiger charge is -2.45. The molecule has 0 aliphatic heterocycles. The molecule has 1 heteroatoms. The van der Waals surface area contributed by atoms with E-state index in [4.69, 9.17) is 0 Å². The van der Waals surface area contributed by atoms with Crippen LogP contribution in [0.4, 0.5) is 0 Å². The van der Waals surface area contributed by atoms with Crippen molar-refractivity contribution < 1.29 is 4.79 Å². The van der Waals surface area contributed by atoms with E-state index in [9.17, 15) is 4.79 Å². The van der Waals surface area contributed by atoms with Crippen molar-refractivity contribution in [2.45, 2.75) is 39.0 Å². The summed E-state index contributed by atoms with van der Waals surface area (Å²) in [6.45, 7) is 4.26. The summed E-state index contributed by atoms with van der Waals surface area (Å²) in [6.07, 6.45) is 2.69. The van der Waals surface area contributed by atoms with Gasteiger partial charge in [-0.3, -0.25) is 4.79 Å². The lowest BCUT2D eigenvalue weighted by molar-refractivity contribution is -0.139. The minimum absolute atomic E-state index is 0.139. The Labute approximate surface area is 126 Å². The maximum absolute atomic E-state index is 12.0. The van der Waals surface area contributed by atoms with Crippen LogP contribution in [0.1, 0.15) is 49.3 Å². The van der Waals surface area contributed by atoms with Gasteiger partial charge in [-0.1, -0.05) is 56.3 Å². The normalized spacial score (nSPS) is 26.2. The maximum atomic E-state index is 12.0. The highest BCUT2D eigenvalue weighted by molar-refractivity contribution is 5.93. The molecule has 1 fully saturated rings. The van der Waals surface area contributed by atoms with Gasteiger partial charge in [0.05, 0.1) is 0 Å². The van der Waals surface area contributed by atoms with Crippen molar-refractivity contribution >= 4 is 5.78 Å². The first-order valence-electron chi connectivity index (χ1n) is 7.88. The van der Waals surface area contributed by atoms with Crippen LogP contribution in [-0.2, 0) is 11.2 Å². The Bertz CT molecular complexity index is 743. The molecule has 2 aromatic rings. The summed E-state index contributed by atoms with van der Waals surface area (Å²) in [7, 11) is 0. The van der Waals surface area contributed by atoms with Gasteiger partial charge < -0.3 is 0 Å². The zero-order valence-electron chi connectivity index (χ0n) is 12.6. The second-order valence-corrected chi connectivity index (χ2v) is 6.70. The van der Waals surface area contributed by atoms with E-state index in [1.165, 1.54) is 27.8 Å². The van der Waals surface area contributed by atoms with E-state index in [-0.39, 0.29) is 5.41 Å². The van der Waals surface area contributed by atoms with Crippen LogP contribution in [0.15, 0.2) is 42.5 Å². The summed E-state index contributed by atoms with van der Waals surface area (Å²) in [4.78, 5) is 12.0. The average molecular weight is 276 g/mol. The predicted octanol–water partition coefficient (Wildman–Crippen LogP) is 4.73. The highest BCUT2D eigenvalue weighted by atomic mass is 16.1. The van der Waals surface area contributed by atoms with Crippen molar-refractivity contribution in [1.29, 1.82) is 0 Å². The monoisotopic (exact) mass is 276 g/mol. The standard InChI is InChI=1S/C20H20O/c1-3-20(2)18(12-19(20)21)14-8-9-17-15(11-14)10-13-6-4-5-7-16(13)17/h4-9,11,18H,3,10,12H2,1-2H3. The Morgan fingerprint density at radius 2 is 1.86 bits per heavy atom. The molecule has 1 nitrogen and oxygen atoms in total. The molecule has 2 aliphatic carbocycles. The third-order valence-corrected chi connectivity index (χ3v) is 5.75. The van der Waals surface area contributed by atoms with Gasteiger partial charge in [0.15, 0.2) is 0 Å².